The lowest BCUT2D eigenvalue weighted by Gasteiger charge is -2.42. The molecule has 0 aromatic rings. The van der Waals surface area contributed by atoms with Crippen molar-refractivity contribution in [3.8, 4) is 12.3 Å². The SMILES string of the molecule is C#CCCC[C@@H]1CC[C@@H](CC)[C@@H]2CCCN12. The zero-order chi connectivity index (χ0) is 11.4. The van der Waals surface area contributed by atoms with Crippen molar-refractivity contribution < 1.29 is 0 Å². The van der Waals surface area contributed by atoms with Crippen LogP contribution in [-0.4, -0.2) is 23.5 Å². The van der Waals surface area contributed by atoms with Crippen LogP contribution in [0.2, 0.25) is 0 Å². The van der Waals surface area contributed by atoms with E-state index in [1.165, 1.54) is 51.5 Å². The fourth-order valence-corrected chi connectivity index (χ4v) is 3.77. The van der Waals surface area contributed by atoms with Crippen molar-refractivity contribution >= 4 is 0 Å². The molecule has 2 aliphatic heterocycles. The molecule has 2 heterocycles. The van der Waals surface area contributed by atoms with Crippen molar-refractivity contribution in [3.63, 3.8) is 0 Å². The first-order valence-corrected chi connectivity index (χ1v) is 7.06. The Hall–Kier alpha value is -0.480. The molecule has 0 aromatic heterocycles. The summed E-state index contributed by atoms with van der Waals surface area (Å²) in [7, 11) is 0. The number of unbranched alkanes of at least 4 members (excludes halogenated alkanes) is 1. The van der Waals surface area contributed by atoms with Crippen molar-refractivity contribution in [1.82, 2.24) is 4.90 Å². The summed E-state index contributed by atoms with van der Waals surface area (Å²) in [6.45, 7) is 3.71. The molecule has 0 saturated carbocycles. The number of piperidine rings is 1. The first-order chi connectivity index (χ1) is 7.86. The van der Waals surface area contributed by atoms with E-state index in [0.29, 0.717) is 0 Å². The highest BCUT2D eigenvalue weighted by Crippen LogP contribution is 2.38. The molecule has 2 aliphatic rings. The van der Waals surface area contributed by atoms with Gasteiger partial charge in [-0.15, -0.1) is 12.3 Å². The molecule has 0 aromatic carbocycles. The van der Waals surface area contributed by atoms with Gasteiger partial charge >= 0.3 is 0 Å². The summed E-state index contributed by atoms with van der Waals surface area (Å²) in [4.78, 5) is 2.81. The minimum Gasteiger partial charge on any atom is -0.297 e. The van der Waals surface area contributed by atoms with Gasteiger partial charge in [-0.2, -0.15) is 0 Å². The number of hydrogen-bond acceptors (Lipinski definition) is 1. The second kappa shape index (κ2) is 5.73. The maximum Gasteiger partial charge on any atom is 0.0127 e. The van der Waals surface area contributed by atoms with Crippen LogP contribution in [0, 0.1) is 18.3 Å². The maximum absolute atomic E-state index is 5.33. The van der Waals surface area contributed by atoms with E-state index in [0.717, 1.165) is 24.4 Å². The molecule has 0 N–H and O–H groups in total. The van der Waals surface area contributed by atoms with Gasteiger partial charge in [-0.25, -0.2) is 0 Å². The van der Waals surface area contributed by atoms with Crippen LogP contribution in [0.15, 0.2) is 0 Å². The Morgan fingerprint density at radius 1 is 1.31 bits per heavy atom. The molecule has 0 spiro atoms. The molecule has 2 fully saturated rings. The first-order valence-electron chi connectivity index (χ1n) is 7.06. The van der Waals surface area contributed by atoms with Gasteiger partial charge < -0.3 is 0 Å². The van der Waals surface area contributed by atoms with E-state index in [1.807, 2.05) is 0 Å². The number of nitrogens with zero attached hydrogens (tertiary/aromatic N) is 1. The third-order valence-corrected chi connectivity index (χ3v) is 4.61. The average molecular weight is 219 g/mol. The van der Waals surface area contributed by atoms with E-state index < -0.39 is 0 Å². The predicted octanol–water partition coefficient (Wildman–Crippen LogP) is 3.44. The molecule has 0 bridgehead atoms. The number of fused-ring (bicyclic) bond motifs is 1. The number of hydrogen-bond donors (Lipinski definition) is 0. The summed E-state index contributed by atoms with van der Waals surface area (Å²) in [5.74, 6) is 3.75. The fourth-order valence-electron chi connectivity index (χ4n) is 3.77. The van der Waals surface area contributed by atoms with Gasteiger partial charge in [-0.1, -0.05) is 13.3 Å². The highest BCUT2D eigenvalue weighted by molar-refractivity contribution is 4.94. The molecule has 1 heteroatoms. The van der Waals surface area contributed by atoms with Crippen LogP contribution < -0.4 is 0 Å². The van der Waals surface area contributed by atoms with Crippen molar-refractivity contribution in [2.75, 3.05) is 6.54 Å². The van der Waals surface area contributed by atoms with E-state index in [9.17, 15) is 0 Å². The molecular formula is C15H25N. The Morgan fingerprint density at radius 2 is 2.19 bits per heavy atom. The molecule has 0 amide bonds. The van der Waals surface area contributed by atoms with Crippen LogP contribution in [0.4, 0.5) is 0 Å². The lowest BCUT2D eigenvalue weighted by molar-refractivity contribution is 0.0665. The third kappa shape index (κ3) is 2.43. The van der Waals surface area contributed by atoms with Gasteiger partial charge in [-0.3, -0.25) is 4.90 Å². The molecule has 0 aliphatic carbocycles. The fraction of sp³-hybridized carbons (Fsp3) is 0.867. The zero-order valence-electron chi connectivity index (χ0n) is 10.6. The Kier molecular flexibility index (Phi) is 4.29. The Morgan fingerprint density at radius 3 is 2.94 bits per heavy atom. The van der Waals surface area contributed by atoms with Crippen molar-refractivity contribution in [2.24, 2.45) is 5.92 Å². The highest BCUT2D eigenvalue weighted by Gasteiger charge is 2.38. The second-order valence-corrected chi connectivity index (χ2v) is 5.44. The van der Waals surface area contributed by atoms with Gasteiger partial charge in [0.2, 0.25) is 0 Å². The number of rotatable bonds is 4. The molecule has 1 nitrogen and oxygen atoms in total. The van der Waals surface area contributed by atoms with E-state index in [1.54, 1.807) is 0 Å². The molecule has 2 rings (SSSR count). The van der Waals surface area contributed by atoms with E-state index >= 15 is 0 Å². The smallest absolute Gasteiger partial charge is 0.0127 e. The quantitative estimate of drug-likeness (QED) is 0.517. The molecular weight excluding hydrogens is 194 g/mol. The van der Waals surface area contributed by atoms with Crippen molar-refractivity contribution in [3.05, 3.63) is 0 Å². The lowest BCUT2D eigenvalue weighted by Crippen LogP contribution is -2.47. The molecule has 16 heavy (non-hydrogen) atoms. The molecule has 0 radical (unpaired) electrons. The van der Waals surface area contributed by atoms with Gasteiger partial charge in [0.05, 0.1) is 0 Å². The Bertz CT molecular complexity index is 253. The van der Waals surface area contributed by atoms with Crippen molar-refractivity contribution in [2.45, 2.75) is 70.4 Å². The molecule has 0 unspecified atom stereocenters. The van der Waals surface area contributed by atoms with Crippen LogP contribution in [0.3, 0.4) is 0 Å². The van der Waals surface area contributed by atoms with E-state index in [2.05, 4.69) is 17.7 Å². The average Bonchev–Trinajstić information content (AvgIpc) is 2.79. The molecule has 3 atom stereocenters. The van der Waals surface area contributed by atoms with Gasteiger partial charge in [0.25, 0.3) is 0 Å². The topological polar surface area (TPSA) is 3.24 Å². The van der Waals surface area contributed by atoms with Crippen LogP contribution in [0.1, 0.15) is 58.3 Å². The van der Waals surface area contributed by atoms with Gasteiger partial charge in [0.1, 0.15) is 0 Å². The molecule has 2 saturated heterocycles. The maximum atomic E-state index is 5.33. The summed E-state index contributed by atoms with van der Waals surface area (Å²) in [6, 6.07) is 1.76. The normalized spacial score (nSPS) is 34.6. The minimum atomic E-state index is 0.851. The Balaban J connectivity index is 1.89. The Labute approximate surface area is 101 Å². The monoisotopic (exact) mass is 219 g/mol. The van der Waals surface area contributed by atoms with Crippen LogP contribution in [-0.2, 0) is 0 Å². The van der Waals surface area contributed by atoms with Crippen LogP contribution in [0.5, 0.6) is 0 Å². The summed E-state index contributed by atoms with van der Waals surface area (Å²) in [6.07, 6.45) is 16.0. The summed E-state index contributed by atoms with van der Waals surface area (Å²) < 4.78 is 0. The summed E-state index contributed by atoms with van der Waals surface area (Å²) in [5.41, 5.74) is 0. The zero-order valence-corrected chi connectivity index (χ0v) is 10.6. The van der Waals surface area contributed by atoms with Crippen LogP contribution >= 0.6 is 0 Å². The summed E-state index contributed by atoms with van der Waals surface area (Å²) >= 11 is 0. The van der Waals surface area contributed by atoms with Gasteiger partial charge in [-0.05, 0) is 51.0 Å². The van der Waals surface area contributed by atoms with Crippen LogP contribution in [0.25, 0.3) is 0 Å². The summed E-state index contributed by atoms with van der Waals surface area (Å²) in [5, 5.41) is 0. The van der Waals surface area contributed by atoms with Gasteiger partial charge in [0, 0.05) is 18.5 Å². The third-order valence-electron chi connectivity index (χ3n) is 4.61. The van der Waals surface area contributed by atoms with Gasteiger partial charge in [0.15, 0.2) is 0 Å². The second-order valence-electron chi connectivity index (χ2n) is 5.44. The van der Waals surface area contributed by atoms with E-state index in [-0.39, 0.29) is 0 Å². The predicted molar refractivity (Wildman–Crippen MR) is 69.2 cm³/mol. The minimum absolute atomic E-state index is 0.851. The molecule has 90 valence electrons. The number of terminal acetylenes is 1. The standard InChI is InChI=1S/C15H25N/c1-3-5-6-8-14-11-10-13(4-2)15-9-7-12-16(14)15/h1,13-15H,4-12H2,2H3/t13-,14-,15+/m1/s1. The lowest BCUT2D eigenvalue weighted by atomic mass is 9.83. The van der Waals surface area contributed by atoms with Crippen molar-refractivity contribution in [1.29, 1.82) is 0 Å². The highest BCUT2D eigenvalue weighted by atomic mass is 15.2. The van der Waals surface area contributed by atoms with E-state index in [4.69, 9.17) is 6.42 Å². The first kappa shape index (κ1) is 12.0. The largest absolute Gasteiger partial charge is 0.297 e.